The van der Waals surface area contributed by atoms with Crippen LogP contribution in [0, 0.1) is 0 Å². The number of hydrogen-bond donors (Lipinski definition) is 1. The van der Waals surface area contributed by atoms with Gasteiger partial charge in [0.25, 0.3) is 0 Å². The molecular weight excluding hydrogens is 402 g/mol. The lowest BCUT2D eigenvalue weighted by atomic mass is 10.2. The Labute approximate surface area is 193 Å². The first-order valence-corrected chi connectivity index (χ1v) is 12.3. The Morgan fingerprint density at radius 1 is 0.871 bits per heavy atom. The largest absolute Gasteiger partial charge is 0.343 e. The van der Waals surface area contributed by atoms with Gasteiger partial charge in [-0.25, -0.2) is 0 Å². The Morgan fingerprint density at radius 2 is 1.55 bits per heavy atom. The van der Waals surface area contributed by atoms with E-state index in [2.05, 4.69) is 71.2 Å². The minimum atomic E-state index is 0.786. The predicted octanol–water partition coefficient (Wildman–Crippen LogP) is 6.72. The van der Waals surface area contributed by atoms with Gasteiger partial charge in [-0.1, -0.05) is 68.6 Å². The van der Waals surface area contributed by atoms with Crippen LogP contribution < -0.4 is 5.32 Å². The van der Waals surface area contributed by atoms with Crippen LogP contribution in [-0.4, -0.2) is 35.6 Å². The van der Waals surface area contributed by atoms with E-state index in [1.807, 2.05) is 12.1 Å². The Bertz CT molecular complexity index is 892. The highest BCUT2D eigenvalue weighted by molar-refractivity contribution is 6.30. The fourth-order valence-electron chi connectivity index (χ4n) is 4.13. The Morgan fingerprint density at radius 3 is 2.26 bits per heavy atom. The molecule has 0 saturated heterocycles. The highest BCUT2D eigenvalue weighted by Gasteiger charge is 2.09. The number of nitrogens with zero attached hydrogens (tertiary/aromatic N) is 2. The number of fused-ring (bicyclic) bond motifs is 1. The van der Waals surface area contributed by atoms with Gasteiger partial charge in [0.1, 0.15) is 0 Å². The van der Waals surface area contributed by atoms with Crippen molar-refractivity contribution in [3.8, 4) is 0 Å². The van der Waals surface area contributed by atoms with E-state index in [0.29, 0.717) is 0 Å². The Kier molecular flexibility index (Phi) is 9.92. The molecule has 0 spiro atoms. The monoisotopic (exact) mass is 439 g/mol. The van der Waals surface area contributed by atoms with E-state index in [-0.39, 0.29) is 0 Å². The van der Waals surface area contributed by atoms with E-state index in [1.54, 1.807) is 0 Å². The number of unbranched alkanes of at least 4 members (excludes halogenated alkanes) is 2. The predicted molar refractivity (Wildman–Crippen MR) is 135 cm³/mol. The number of nitrogens with one attached hydrogen (secondary N) is 1. The number of hydrogen-bond acceptors (Lipinski definition) is 2. The molecule has 3 aromatic rings. The van der Waals surface area contributed by atoms with Crippen molar-refractivity contribution < 1.29 is 0 Å². The van der Waals surface area contributed by atoms with E-state index >= 15 is 0 Å². The first-order valence-electron chi connectivity index (χ1n) is 12.0. The number of halogens is 1. The molecule has 1 N–H and O–H groups in total. The van der Waals surface area contributed by atoms with Gasteiger partial charge < -0.3 is 14.8 Å². The van der Waals surface area contributed by atoms with Gasteiger partial charge in [-0.15, -0.1) is 0 Å². The summed E-state index contributed by atoms with van der Waals surface area (Å²) in [6.07, 6.45) is 8.69. The highest BCUT2D eigenvalue weighted by atomic mass is 35.5. The third-order valence-electron chi connectivity index (χ3n) is 5.94. The number of para-hydroxylation sites is 1. The molecule has 0 aliphatic rings. The average molecular weight is 440 g/mol. The second kappa shape index (κ2) is 12.9. The van der Waals surface area contributed by atoms with Crippen molar-refractivity contribution in [2.24, 2.45) is 0 Å². The lowest BCUT2D eigenvalue weighted by molar-refractivity contribution is 0.261. The van der Waals surface area contributed by atoms with Crippen LogP contribution in [0.15, 0.2) is 54.7 Å². The van der Waals surface area contributed by atoms with E-state index < -0.39 is 0 Å². The molecule has 0 bridgehead atoms. The molecule has 0 amide bonds. The van der Waals surface area contributed by atoms with Crippen LogP contribution >= 0.6 is 11.6 Å². The molecule has 0 saturated carbocycles. The molecule has 31 heavy (non-hydrogen) atoms. The minimum Gasteiger partial charge on any atom is -0.343 e. The number of aromatic nitrogens is 1. The van der Waals surface area contributed by atoms with Crippen molar-refractivity contribution in [2.45, 2.75) is 59.0 Å². The second-order valence-electron chi connectivity index (χ2n) is 8.50. The van der Waals surface area contributed by atoms with Gasteiger partial charge >= 0.3 is 0 Å². The fourth-order valence-corrected chi connectivity index (χ4v) is 4.26. The van der Waals surface area contributed by atoms with Gasteiger partial charge in [0.15, 0.2) is 0 Å². The van der Waals surface area contributed by atoms with Crippen LogP contribution in [-0.2, 0) is 13.1 Å². The Hall–Kier alpha value is -1.81. The van der Waals surface area contributed by atoms with Crippen molar-refractivity contribution >= 4 is 22.5 Å². The standard InChI is InChI=1S/C27H38ClN3/c1-3-5-17-30(18-6-4-2)19-9-16-29-20-24-22-31(27-11-8-7-10-26(24)27)21-23-12-14-25(28)15-13-23/h7-8,10-15,22,29H,3-6,9,16-21H2,1-2H3. The van der Waals surface area contributed by atoms with Gasteiger partial charge in [0.05, 0.1) is 0 Å². The fraction of sp³-hybridized carbons (Fsp3) is 0.481. The normalized spacial score (nSPS) is 11.6. The smallest absolute Gasteiger partial charge is 0.0486 e. The average Bonchev–Trinajstić information content (AvgIpc) is 3.14. The van der Waals surface area contributed by atoms with Crippen LogP contribution in [0.5, 0.6) is 0 Å². The summed E-state index contributed by atoms with van der Waals surface area (Å²) in [5.74, 6) is 0. The molecule has 0 aliphatic carbocycles. The zero-order valence-electron chi connectivity index (χ0n) is 19.2. The van der Waals surface area contributed by atoms with Crippen LogP contribution in [0.25, 0.3) is 10.9 Å². The molecule has 168 valence electrons. The molecular formula is C27H38ClN3. The molecule has 0 aliphatic heterocycles. The summed E-state index contributed by atoms with van der Waals surface area (Å²) < 4.78 is 2.35. The zero-order chi connectivity index (χ0) is 21.9. The quantitative estimate of drug-likeness (QED) is 0.281. The van der Waals surface area contributed by atoms with Crippen LogP contribution in [0.1, 0.15) is 57.1 Å². The molecule has 1 heterocycles. The molecule has 3 nitrogen and oxygen atoms in total. The molecule has 0 fully saturated rings. The maximum atomic E-state index is 6.05. The lowest BCUT2D eigenvalue weighted by Gasteiger charge is -2.21. The highest BCUT2D eigenvalue weighted by Crippen LogP contribution is 2.23. The Balaban J connectivity index is 1.55. The SMILES string of the molecule is CCCCN(CCCC)CCCNCc1cn(Cc2ccc(Cl)cc2)c2ccccc12. The summed E-state index contributed by atoms with van der Waals surface area (Å²) in [6, 6.07) is 16.9. The van der Waals surface area contributed by atoms with E-state index in [4.69, 9.17) is 11.6 Å². The maximum Gasteiger partial charge on any atom is 0.0486 e. The van der Waals surface area contributed by atoms with Crippen molar-refractivity contribution in [3.63, 3.8) is 0 Å². The van der Waals surface area contributed by atoms with Gasteiger partial charge in [-0.05, 0) is 74.8 Å². The van der Waals surface area contributed by atoms with Crippen LogP contribution in [0.3, 0.4) is 0 Å². The van der Waals surface area contributed by atoms with E-state index in [9.17, 15) is 0 Å². The van der Waals surface area contributed by atoms with Crippen LogP contribution in [0.2, 0.25) is 5.02 Å². The van der Waals surface area contributed by atoms with Crippen molar-refractivity contribution in [1.29, 1.82) is 0 Å². The first kappa shape index (κ1) is 23.8. The number of rotatable bonds is 14. The summed E-state index contributed by atoms with van der Waals surface area (Å²) >= 11 is 6.05. The third kappa shape index (κ3) is 7.38. The zero-order valence-corrected chi connectivity index (χ0v) is 20.0. The molecule has 0 unspecified atom stereocenters. The van der Waals surface area contributed by atoms with Gasteiger partial charge in [-0.2, -0.15) is 0 Å². The molecule has 1 aromatic heterocycles. The topological polar surface area (TPSA) is 20.2 Å². The maximum absolute atomic E-state index is 6.05. The molecule has 2 aromatic carbocycles. The molecule has 0 radical (unpaired) electrons. The van der Waals surface area contributed by atoms with Crippen LogP contribution in [0.4, 0.5) is 0 Å². The van der Waals surface area contributed by atoms with E-state index in [0.717, 1.165) is 24.7 Å². The second-order valence-corrected chi connectivity index (χ2v) is 8.94. The molecule has 0 atom stereocenters. The minimum absolute atomic E-state index is 0.786. The number of benzene rings is 2. The summed E-state index contributed by atoms with van der Waals surface area (Å²) in [7, 11) is 0. The molecule has 4 heteroatoms. The van der Waals surface area contributed by atoms with E-state index in [1.165, 1.54) is 73.8 Å². The van der Waals surface area contributed by atoms with Gasteiger partial charge in [0, 0.05) is 35.2 Å². The lowest BCUT2D eigenvalue weighted by Crippen LogP contribution is -2.29. The molecule has 3 rings (SSSR count). The first-order chi connectivity index (χ1) is 15.2. The van der Waals surface area contributed by atoms with Gasteiger partial charge in [0.2, 0.25) is 0 Å². The van der Waals surface area contributed by atoms with Crippen molar-refractivity contribution in [2.75, 3.05) is 26.2 Å². The van der Waals surface area contributed by atoms with Crippen molar-refractivity contribution in [1.82, 2.24) is 14.8 Å². The summed E-state index contributed by atoms with van der Waals surface area (Å²) in [5, 5.41) is 5.82. The third-order valence-corrected chi connectivity index (χ3v) is 6.19. The summed E-state index contributed by atoms with van der Waals surface area (Å²) in [5.41, 5.74) is 3.93. The van der Waals surface area contributed by atoms with Crippen molar-refractivity contribution in [3.05, 3.63) is 70.9 Å². The van der Waals surface area contributed by atoms with Gasteiger partial charge in [-0.3, -0.25) is 0 Å². The summed E-state index contributed by atoms with van der Waals surface area (Å²) in [6.45, 7) is 11.1. The summed E-state index contributed by atoms with van der Waals surface area (Å²) in [4.78, 5) is 2.65.